The topological polar surface area (TPSA) is 194 Å². The number of aliphatic hydroxyl groups excluding tert-OH is 2. The van der Waals surface area contributed by atoms with Crippen LogP contribution in [0.3, 0.4) is 0 Å². The van der Waals surface area contributed by atoms with Crippen LogP contribution in [0.5, 0.6) is 5.75 Å². The number of hydrogen-bond acceptors (Lipinski definition) is 10. The number of primary amides is 1. The minimum absolute atomic E-state index is 0.0157. The summed E-state index contributed by atoms with van der Waals surface area (Å²) >= 11 is 0. The van der Waals surface area contributed by atoms with E-state index in [2.05, 4.69) is 96.3 Å². The average molecular weight is 903 g/mol. The predicted molar refractivity (Wildman–Crippen MR) is 260 cm³/mol. The van der Waals surface area contributed by atoms with Crippen molar-refractivity contribution in [3.8, 4) is 5.75 Å². The molecule has 0 aromatic heterocycles. The molecule has 13 heteroatoms. The van der Waals surface area contributed by atoms with Gasteiger partial charge in [-0.2, -0.15) is 0 Å². The molecule has 0 fully saturated rings. The number of hydrogen-bond donors (Lipinski definition) is 6. The first-order chi connectivity index (χ1) is 31.1. The Balaban J connectivity index is 0.956. The minimum Gasteiger partial charge on any atom is -0.510 e. The number of carbonyl (C=O) groups is 4. The van der Waals surface area contributed by atoms with Gasteiger partial charge in [0, 0.05) is 31.3 Å². The van der Waals surface area contributed by atoms with E-state index in [1.165, 1.54) is 20.8 Å². The molecule has 2 amide bonds. The molecule has 7 N–H and O–H groups in total. The van der Waals surface area contributed by atoms with Gasteiger partial charge in [-0.3, -0.25) is 19.3 Å². The largest absolute Gasteiger partial charge is 0.510 e. The fraction of sp³-hybridized carbons (Fsp3) is 0.385. The molecule has 344 valence electrons. The van der Waals surface area contributed by atoms with Crippen LogP contribution in [0.25, 0.3) is 0 Å². The Morgan fingerprint density at radius 3 is 1.77 bits per heavy atom. The van der Waals surface area contributed by atoms with Crippen molar-refractivity contribution < 1.29 is 39.6 Å². The third kappa shape index (κ3) is 8.84. The van der Waals surface area contributed by atoms with Crippen molar-refractivity contribution in [3.63, 3.8) is 0 Å². The van der Waals surface area contributed by atoms with E-state index in [0.717, 1.165) is 51.1 Å². The second kappa shape index (κ2) is 19.7. The van der Waals surface area contributed by atoms with Crippen LogP contribution in [0.2, 0.25) is 0 Å². The van der Waals surface area contributed by atoms with Gasteiger partial charge in [0.2, 0.25) is 5.78 Å². The van der Waals surface area contributed by atoms with Crippen molar-refractivity contribution in [2.24, 2.45) is 17.6 Å². The van der Waals surface area contributed by atoms with Gasteiger partial charge in [-0.15, -0.1) is 0 Å². The van der Waals surface area contributed by atoms with Gasteiger partial charge < -0.3 is 31.1 Å². The fourth-order valence-corrected chi connectivity index (χ4v) is 15.8. The maximum Gasteiger partial charge on any atom is 0.255 e. The smallest absolute Gasteiger partial charge is 0.255 e. The number of ketones is 2. The van der Waals surface area contributed by atoms with Gasteiger partial charge in [0.25, 0.3) is 5.91 Å². The number of carbonyl (C=O) groups excluding carboxylic acids is 4. The summed E-state index contributed by atoms with van der Waals surface area (Å²) < 4.78 is 0. The normalized spacial score (nSPS) is 20.9. The van der Waals surface area contributed by atoms with Crippen LogP contribution in [-0.2, 0) is 20.8 Å². The number of phenolic OH excluding ortho intramolecular Hbond substituents is 1. The van der Waals surface area contributed by atoms with Gasteiger partial charge in [0.1, 0.15) is 17.1 Å². The number of allylic oxidation sites excluding steroid dienone is 1. The monoisotopic (exact) mass is 902 g/mol. The summed E-state index contributed by atoms with van der Waals surface area (Å²) in [4.78, 5) is 57.0. The van der Waals surface area contributed by atoms with Gasteiger partial charge in [0.15, 0.2) is 17.1 Å². The van der Waals surface area contributed by atoms with E-state index in [4.69, 9.17) is 5.73 Å². The molecule has 0 saturated heterocycles. The van der Waals surface area contributed by atoms with E-state index in [0.29, 0.717) is 17.7 Å². The van der Waals surface area contributed by atoms with Crippen LogP contribution in [-0.4, -0.2) is 94.7 Å². The number of rotatable bonds is 18. The SMILES string of the molecule is CN(C)c1cc(NC(=O)CCCCCCCCCC[PH](c2ccccc2)(c2ccccc2)c2ccccc2)c(O)c2c1C[C@H]1C[C@H]3[C@H](N(C)C)C(O)=C(C(N)=O)C(=O)[C@@]3(O)C(O)=C1C2=O. The molecule has 3 aliphatic rings. The third-order valence-electron chi connectivity index (χ3n) is 14.0. The first-order valence-electron chi connectivity index (χ1n) is 22.8. The van der Waals surface area contributed by atoms with E-state index < -0.39 is 71.1 Å². The Morgan fingerprint density at radius 1 is 0.769 bits per heavy atom. The van der Waals surface area contributed by atoms with E-state index >= 15 is 0 Å². The number of phenols is 1. The molecule has 0 aliphatic heterocycles. The molecular weight excluding hydrogens is 840 g/mol. The first-order valence-corrected chi connectivity index (χ1v) is 25.0. The maximum absolute atomic E-state index is 14.4. The molecule has 12 nitrogen and oxygen atoms in total. The molecule has 4 aromatic carbocycles. The quantitative estimate of drug-likeness (QED) is 0.0283. The zero-order chi connectivity index (χ0) is 46.6. The number of aliphatic hydroxyl groups is 3. The summed E-state index contributed by atoms with van der Waals surface area (Å²) in [6, 6.07) is 33.6. The molecule has 0 bridgehead atoms. The van der Waals surface area contributed by atoms with Crippen LogP contribution >= 0.6 is 7.26 Å². The van der Waals surface area contributed by atoms with Gasteiger partial charge in [0.05, 0.1) is 17.3 Å². The Labute approximate surface area is 382 Å². The van der Waals surface area contributed by atoms with Crippen molar-refractivity contribution in [3.05, 3.63) is 131 Å². The number of amides is 2. The molecule has 0 saturated carbocycles. The van der Waals surface area contributed by atoms with Crippen LogP contribution in [0.15, 0.2) is 120 Å². The van der Waals surface area contributed by atoms with Crippen molar-refractivity contribution in [2.45, 2.75) is 82.3 Å². The molecule has 7 rings (SSSR count). The molecule has 0 spiro atoms. The Bertz CT molecular complexity index is 2390. The molecule has 65 heavy (non-hydrogen) atoms. The van der Waals surface area contributed by atoms with Crippen molar-refractivity contribution in [1.29, 1.82) is 0 Å². The summed E-state index contributed by atoms with van der Waals surface area (Å²) in [5.74, 6) is -7.57. The minimum atomic E-state index is -2.74. The fourth-order valence-electron chi connectivity index (χ4n) is 10.8. The van der Waals surface area contributed by atoms with Crippen LogP contribution in [0.4, 0.5) is 11.4 Å². The second-order valence-corrected chi connectivity index (χ2v) is 22.4. The number of benzene rings is 4. The van der Waals surface area contributed by atoms with Crippen LogP contribution in [0.1, 0.15) is 80.1 Å². The summed E-state index contributed by atoms with van der Waals surface area (Å²) in [6.07, 6.45) is 9.61. The predicted octanol–water partition coefficient (Wildman–Crippen LogP) is 6.36. The third-order valence-corrected chi connectivity index (χ3v) is 19.0. The van der Waals surface area contributed by atoms with Crippen LogP contribution < -0.4 is 31.9 Å². The number of unbranched alkanes of at least 4 members (excludes halogenated alkanes) is 7. The number of Topliss-reactive ketones (excluding diaryl/α,β-unsaturated/α-hetero) is 2. The standard InChI is InChI=1S/C52H63N4O8P/c1-55(2)40-32-39(46(58)43-37(40)30-33-31-38-45(56(3)4)48(60)44(51(53)63)50(62)52(38,64)49(61)42(33)47(43)59)54-41(57)28-20-9-7-5-6-8-10-21-29-65(34-22-14-11-15-23-34,35-24-16-12-17-25-35)36-26-18-13-19-27-36/h11-19,22-27,32-33,38,45,58,60-61,64-65H,5-10,20-21,28-31H2,1-4H3,(H2,53,63)(H,54,57)/t33-,38-,45-,52-/m0/s1. The summed E-state index contributed by atoms with van der Waals surface area (Å²) in [6.45, 7) is 0. The maximum atomic E-state index is 14.4. The number of nitrogens with two attached hydrogens (primary N) is 1. The number of likely N-dealkylation sites (N-methyl/N-ethyl adjacent to an activating group) is 1. The molecular formula is C52H63N4O8P. The first kappa shape index (κ1) is 47.2. The summed E-state index contributed by atoms with van der Waals surface area (Å²) in [7, 11) is 4.49. The van der Waals surface area contributed by atoms with E-state index in [9.17, 15) is 39.6 Å². The number of anilines is 2. The zero-order valence-corrected chi connectivity index (χ0v) is 38.8. The Hall–Kier alpha value is -5.81. The Kier molecular flexibility index (Phi) is 14.3. The van der Waals surface area contributed by atoms with Crippen molar-refractivity contribution >= 4 is 57.9 Å². The van der Waals surface area contributed by atoms with Gasteiger partial charge >= 0.3 is 194 Å². The number of nitrogens with one attached hydrogen (secondary N) is 1. The molecule has 4 atom stereocenters. The number of nitrogens with zero attached hydrogens (tertiary/aromatic N) is 2. The van der Waals surface area contributed by atoms with Crippen LogP contribution in [0, 0.1) is 11.8 Å². The van der Waals surface area contributed by atoms with E-state index in [1.807, 2.05) is 0 Å². The number of aromatic hydroxyl groups is 1. The zero-order valence-electron chi connectivity index (χ0n) is 37.8. The summed E-state index contributed by atoms with van der Waals surface area (Å²) in [5, 5.41) is 53.4. The van der Waals surface area contributed by atoms with Crippen molar-refractivity contribution in [2.75, 3.05) is 44.6 Å². The van der Waals surface area contributed by atoms with E-state index in [-0.39, 0.29) is 42.0 Å². The number of fused-ring (bicyclic) bond motifs is 3. The molecule has 0 heterocycles. The molecule has 0 unspecified atom stereocenters. The summed E-state index contributed by atoms with van der Waals surface area (Å²) in [5.41, 5.74) is 2.54. The molecule has 4 aromatic rings. The van der Waals surface area contributed by atoms with Gasteiger partial charge in [-0.1, -0.05) is 0 Å². The van der Waals surface area contributed by atoms with Gasteiger partial charge in [-0.05, 0) is 44.5 Å². The van der Waals surface area contributed by atoms with Gasteiger partial charge in [-0.25, -0.2) is 0 Å². The Morgan fingerprint density at radius 2 is 1.28 bits per heavy atom. The average Bonchev–Trinajstić information content (AvgIpc) is 3.28. The molecule has 0 radical (unpaired) electrons. The van der Waals surface area contributed by atoms with E-state index in [1.54, 1.807) is 39.2 Å². The molecule has 3 aliphatic carbocycles. The second-order valence-electron chi connectivity index (χ2n) is 18.4. The van der Waals surface area contributed by atoms with Crippen molar-refractivity contribution in [1.82, 2.24) is 4.90 Å².